The number of nitrogens with zero attached hydrogens (tertiary/aromatic N) is 1. The van der Waals surface area contributed by atoms with E-state index in [1.54, 1.807) is 0 Å². The molecule has 0 amide bonds. The van der Waals surface area contributed by atoms with Crippen molar-refractivity contribution in [1.29, 1.82) is 0 Å². The third kappa shape index (κ3) is 5.62. The standard InChI is InChI=1S/C34H36N2/c1-6-15-32(31-23-22-28-18-13-14-21-30(28)24-31)26(3)35-34(36(4)5)33(29-19-11-8-12-20-29)25(2)27-16-9-7-10-17-27/h7-12,15-17,19-20,22-24,35H,1-2,13-14,18,21H2,3-5H3/b32-26+,34-33+. The third-order valence-electron chi connectivity index (χ3n) is 6.79. The van der Waals surface area contributed by atoms with Crippen molar-refractivity contribution in [2.45, 2.75) is 32.6 Å². The van der Waals surface area contributed by atoms with Gasteiger partial charge in [0.1, 0.15) is 5.82 Å². The largest absolute Gasteiger partial charge is 0.364 e. The molecule has 2 heteroatoms. The van der Waals surface area contributed by atoms with Crippen LogP contribution in [0.4, 0.5) is 0 Å². The van der Waals surface area contributed by atoms with E-state index in [1.165, 1.54) is 36.0 Å². The number of fused-ring (bicyclic) bond motifs is 1. The Hall–Kier alpha value is -4.00. The van der Waals surface area contributed by atoms with E-state index in [9.17, 15) is 0 Å². The van der Waals surface area contributed by atoms with Crippen molar-refractivity contribution in [1.82, 2.24) is 10.2 Å². The van der Waals surface area contributed by atoms with E-state index in [1.807, 2.05) is 18.2 Å². The Balaban J connectivity index is 1.85. The average Bonchev–Trinajstić information content (AvgIpc) is 2.92. The summed E-state index contributed by atoms with van der Waals surface area (Å²) in [5.41, 5.74) is 13.5. The van der Waals surface area contributed by atoms with E-state index in [0.717, 1.165) is 45.8 Å². The summed E-state index contributed by atoms with van der Waals surface area (Å²) in [6.07, 6.45) is 6.86. The van der Waals surface area contributed by atoms with E-state index >= 15 is 0 Å². The van der Waals surface area contributed by atoms with Crippen LogP contribution < -0.4 is 5.32 Å². The minimum Gasteiger partial charge on any atom is -0.364 e. The van der Waals surface area contributed by atoms with Crippen LogP contribution in [0.25, 0.3) is 16.7 Å². The topological polar surface area (TPSA) is 15.3 Å². The Labute approximate surface area is 216 Å². The number of hydrogen-bond acceptors (Lipinski definition) is 2. The van der Waals surface area contributed by atoms with Crippen molar-refractivity contribution in [3.05, 3.63) is 143 Å². The van der Waals surface area contributed by atoms with Gasteiger partial charge in [-0.3, -0.25) is 0 Å². The molecule has 0 heterocycles. The summed E-state index contributed by atoms with van der Waals surface area (Å²) in [5, 5.41) is 3.75. The third-order valence-corrected chi connectivity index (χ3v) is 6.79. The Morgan fingerprint density at radius 1 is 0.833 bits per heavy atom. The highest BCUT2D eigenvalue weighted by molar-refractivity contribution is 6.05. The number of hydrogen-bond donors (Lipinski definition) is 1. The fourth-order valence-electron chi connectivity index (χ4n) is 4.90. The van der Waals surface area contributed by atoms with E-state index in [2.05, 4.69) is 117 Å². The second-order valence-electron chi connectivity index (χ2n) is 9.53. The Morgan fingerprint density at radius 2 is 1.44 bits per heavy atom. The van der Waals surface area contributed by atoms with E-state index in [0.29, 0.717) is 0 Å². The van der Waals surface area contributed by atoms with Crippen LogP contribution in [0.5, 0.6) is 0 Å². The Kier molecular flexibility index (Phi) is 8.10. The summed E-state index contributed by atoms with van der Waals surface area (Å²) >= 11 is 0. The van der Waals surface area contributed by atoms with E-state index in [4.69, 9.17) is 0 Å². The second kappa shape index (κ2) is 11.6. The quantitative estimate of drug-likeness (QED) is 0.265. The molecule has 0 saturated heterocycles. The molecule has 1 aliphatic rings. The summed E-state index contributed by atoms with van der Waals surface area (Å²) in [5.74, 6) is 0.987. The van der Waals surface area contributed by atoms with Crippen LogP contribution >= 0.6 is 0 Å². The molecule has 0 atom stereocenters. The van der Waals surface area contributed by atoms with Gasteiger partial charge < -0.3 is 10.2 Å². The summed E-state index contributed by atoms with van der Waals surface area (Å²) in [6, 6.07) is 27.7. The molecule has 3 aromatic carbocycles. The number of allylic oxidation sites excluding steroid dienone is 5. The van der Waals surface area contributed by atoms with Crippen molar-refractivity contribution in [3.63, 3.8) is 0 Å². The van der Waals surface area contributed by atoms with Gasteiger partial charge in [-0.25, -0.2) is 0 Å². The fourth-order valence-corrected chi connectivity index (χ4v) is 4.90. The molecule has 0 unspecified atom stereocenters. The Bertz CT molecular complexity index is 1330. The number of benzene rings is 3. The zero-order valence-electron chi connectivity index (χ0n) is 21.8. The maximum absolute atomic E-state index is 4.53. The molecule has 182 valence electrons. The lowest BCUT2D eigenvalue weighted by Crippen LogP contribution is -2.27. The van der Waals surface area contributed by atoms with Gasteiger partial charge in [-0.15, -0.1) is 5.73 Å². The van der Waals surface area contributed by atoms with Gasteiger partial charge in [-0.05, 0) is 72.1 Å². The van der Waals surface area contributed by atoms with Crippen LogP contribution in [0.15, 0.2) is 115 Å². The van der Waals surface area contributed by atoms with Crippen LogP contribution in [0.1, 0.15) is 47.6 Å². The zero-order valence-corrected chi connectivity index (χ0v) is 21.8. The predicted octanol–water partition coefficient (Wildman–Crippen LogP) is 7.87. The van der Waals surface area contributed by atoms with E-state index < -0.39 is 0 Å². The highest BCUT2D eigenvalue weighted by atomic mass is 15.2. The van der Waals surface area contributed by atoms with Crippen molar-refractivity contribution >= 4 is 16.7 Å². The van der Waals surface area contributed by atoms with Gasteiger partial charge in [0.25, 0.3) is 0 Å². The van der Waals surface area contributed by atoms with Gasteiger partial charge in [0.2, 0.25) is 0 Å². The molecule has 0 saturated carbocycles. The number of rotatable bonds is 8. The summed E-state index contributed by atoms with van der Waals surface area (Å²) < 4.78 is 0. The maximum Gasteiger partial charge on any atom is 0.114 e. The van der Waals surface area contributed by atoms with Crippen LogP contribution in [-0.4, -0.2) is 19.0 Å². The maximum atomic E-state index is 4.53. The number of aryl methyl sites for hydroxylation is 2. The molecule has 0 spiro atoms. The van der Waals surface area contributed by atoms with Crippen molar-refractivity contribution in [2.75, 3.05) is 14.1 Å². The minimum atomic E-state index is 0.973. The molecule has 36 heavy (non-hydrogen) atoms. The first-order valence-electron chi connectivity index (χ1n) is 12.7. The normalized spacial score (nSPS) is 14.0. The summed E-state index contributed by atoms with van der Waals surface area (Å²) in [4.78, 5) is 2.13. The molecule has 1 N–H and O–H groups in total. The lowest BCUT2D eigenvalue weighted by molar-refractivity contribution is 0.481. The zero-order chi connectivity index (χ0) is 25.5. The molecule has 0 bridgehead atoms. The van der Waals surface area contributed by atoms with Crippen molar-refractivity contribution < 1.29 is 0 Å². The van der Waals surface area contributed by atoms with Gasteiger partial charge in [0.15, 0.2) is 0 Å². The SMILES string of the molecule is C=C=C/C(=C(/C)N/C(=C(/C(=C)c1ccccc1)c1ccccc1)N(C)C)c1ccc2c(c1)CCCC2. The monoisotopic (exact) mass is 472 g/mol. The molecule has 2 nitrogen and oxygen atoms in total. The smallest absolute Gasteiger partial charge is 0.114 e. The fraction of sp³-hybridized carbons (Fsp3) is 0.206. The van der Waals surface area contributed by atoms with Crippen LogP contribution in [0.2, 0.25) is 0 Å². The van der Waals surface area contributed by atoms with Crippen LogP contribution in [0, 0.1) is 0 Å². The molecule has 4 rings (SSSR count). The number of nitrogens with one attached hydrogen (secondary N) is 1. The average molecular weight is 473 g/mol. The predicted molar refractivity (Wildman–Crippen MR) is 155 cm³/mol. The minimum absolute atomic E-state index is 0.973. The molecule has 0 aliphatic heterocycles. The highest BCUT2D eigenvalue weighted by Gasteiger charge is 2.18. The Morgan fingerprint density at radius 3 is 2.06 bits per heavy atom. The van der Waals surface area contributed by atoms with Crippen molar-refractivity contribution in [2.24, 2.45) is 0 Å². The van der Waals surface area contributed by atoms with Crippen molar-refractivity contribution in [3.8, 4) is 0 Å². The van der Waals surface area contributed by atoms with Gasteiger partial charge in [0.05, 0.1) is 0 Å². The second-order valence-corrected chi connectivity index (χ2v) is 9.53. The molecular weight excluding hydrogens is 436 g/mol. The first kappa shape index (κ1) is 25.1. The summed E-state index contributed by atoms with van der Waals surface area (Å²) in [6.45, 7) is 10.5. The molecule has 0 radical (unpaired) electrons. The lowest BCUT2D eigenvalue weighted by atomic mass is 9.88. The summed E-state index contributed by atoms with van der Waals surface area (Å²) in [7, 11) is 4.14. The first-order valence-corrected chi connectivity index (χ1v) is 12.7. The van der Waals surface area contributed by atoms with Gasteiger partial charge >= 0.3 is 0 Å². The molecule has 0 aromatic heterocycles. The van der Waals surface area contributed by atoms with Crippen LogP contribution in [0.3, 0.4) is 0 Å². The first-order chi connectivity index (χ1) is 17.5. The highest BCUT2D eigenvalue weighted by Crippen LogP contribution is 2.34. The van der Waals surface area contributed by atoms with Crippen LogP contribution in [-0.2, 0) is 12.8 Å². The lowest BCUT2D eigenvalue weighted by Gasteiger charge is -2.26. The molecule has 0 fully saturated rings. The van der Waals surface area contributed by atoms with Gasteiger partial charge in [-0.2, -0.15) is 0 Å². The van der Waals surface area contributed by atoms with E-state index in [-0.39, 0.29) is 0 Å². The molecule has 1 aliphatic carbocycles. The van der Waals surface area contributed by atoms with Gasteiger partial charge in [0, 0.05) is 30.9 Å². The molecular formula is C34H36N2. The van der Waals surface area contributed by atoms with Gasteiger partial charge in [-0.1, -0.05) is 92.0 Å². The molecule has 3 aromatic rings.